The van der Waals surface area contributed by atoms with Gasteiger partial charge in [-0.1, -0.05) is 49.0 Å². The molecule has 2 unspecified atom stereocenters. The molecule has 20 heavy (non-hydrogen) atoms. The summed E-state index contributed by atoms with van der Waals surface area (Å²) < 4.78 is 0. The van der Waals surface area contributed by atoms with E-state index in [-0.39, 0.29) is 12.5 Å². The van der Waals surface area contributed by atoms with E-state index < -0.39 is 6.10 Å². The van der Waals surface area contributed by atoms with E-state index in [0.717, 1.165) is 21.6 Å². The average molecular weight is 286 g/mol. The first-order chi connectivity index (χ1) is 9.69. The fraction of sp³-hybridized carbons (Fsp3) is 0.294. The molecular formula is C17H18O2S. The molecule has 1 aliphatic heterocycles. The van der Waals surface area contributed by atoms with E-state index in [4.69, 9.17) is 0 Å². The first kappa shape index (κ1) is 13.7. The normalized spacial score (nSPS) is 18.9. The second kappa shape index (κ2) is 5.60. The van der Waals surface area contributed by atoms with Crippen molar-refractivity contribution in [2.75, 3.05) is 6.61 Å². The second-order valence-corrected chi connectivity index (χ2v) is 6.39. The van der Waals surface area contributed by atoms with Crippen LogP contribution in [0.3, 0.4) is 0 Å². The largest absolute Gasteiger partial charge is 0.396 e. The van der Waals surface area contributed by atoms with Crippen LogP contribution in [0.5, 0.6) is 0 Å². The Hall–Kier alpha value is -1.29. The van der Waals surface area contributed by atoms with Crippen molar-refractivity contribution in [3.63, 3.8) is 0 Å². The van der Waals surface area contributed by atoms with Gasteiger partial charge < -0.3 is 10.2 Å². The van der Waals surface area contributed by atoms with Gasteiger partial charge in [-0.15, -0.1) is 0 Å². The summed E-state index contributed by atoms with van der Waals surface area (Å²) in [5, 5.41) is 19.7. The minimum absolute atomic E-state index is 0.132. The third-order valence-corrected chi connectivity index (χ3v) is 5.05. The highest BCUT2D eigenvalue weighted by atomic mass is 32.2. The van der Waals surface area contributed by atoms with Crippen molar-refractivity contribution < 1.29 is 10.2 Å². The van der Waals surface area contributed by atoms with Crippen LogP contribution in [-0.4, -0.2) is 16.8 Å². The highest BCUT2D eigenvalue weighted by Crippen LogP contribution is 2.41. The van der Waals surface area contributed by atoms with E-state index in [0.29, 0.717) is 6.42 Å². The number of aliphatic hydroxyl groups excluding tert-OH is 2. The molecule has 2 N–H and O–H groups in total. The van der Waals surface area contributed by atoms with Crippen molar-refractivity contribution in [3.8, 4) is 0 Å². The maximum atomic E-state index is 10.4. The summed E-state index contributed by atoms with van der Waals surface area (Å²) in [6.07, 6.45) is 0.172. The third kappa shape index (κ3) is 2.49. The zero-order valence-corrected chi connectivity index (χ0v) is 12.2. The number of rotatable bonds is 2. The zero-order chi connectivity index (χ0) is 14.1. The number of hydrogen-bond donors (Lipinski definition) is 2. The fourth-order valence-electron chi connectivity index (χ4n) is 2.56. The monoisotopic (exact) mass is 286 g/mol. The smallest absolute Gasteiger partial charge is 0.0841 e. The lowest BCUT2D eigenvalue weighted by Crippen LogP contribution is -2.03. The number of hydrogen-bond acceptors (Lipinski definition) is 3. The maximum absolute atomic E-state index is 10.4. The van der Waals surface area contributed by atoms with E-state index >= 15 is 0 Å². The van der Waals surface area contributed by atoms with Gasteiger partial charge in [0.25, 0.3) is 0 Å². The van der Waals surface area contributed by atoms with E-state index in [1.54, 1.807) is 11.8 Å². The molecule has 2 nitrogen and oxygen atoms in total. The van der Waals surface area contributed by atoms with Crippen LogP contribution in [-0.2, 0) is 6.42 Å². The summed E-state index contributed by atoms with van der Waals surface area (Å²) in [6, 6.07) is 14.3. The Labute approximate surface area is 123 Å². The molecule has 3 heteroatoms. The molecule has 0 aliphatic carbocycles. The van der Waals surface area contributed by atoms with Crippen molar-refractivity contribution in [3.05, 3.63) is 59.2 Å². The highest BCUT2D eigenvalue weighted by molar-refractivity contribution is 7.99. The number of benzene rings is 2. The Kier molecular flexibility index (Phi) is 3.83. The summed E-state index contributed by atoms with van der Waals surface area (Å²) >= 11 is 1.71. The minimum atomic E-state index is -0.459. The molecule has 0 saturated heterocycles. The Morgan fingerprint density at radius 3 is 2.80 bits per heavy atom. The molecule has 1 aliphatic rings. The first-order valence-corrected chi connectivity index (χ1v) is 7.69. The highest BCUT2D eigenvalue weighted by Gasteiger charge is 2.21. The molecule has 0 bridgehead atoms. The number of fused-ring (bicyclic) bond motifs is 2. The molecule has 1 heterocycles. The standard InChI is InChI=1S/C17H18O2S/c1-11(10-18)12-6-7-16-13(8-12)9-15(19)14-4-2-3-5-17(14)20-16/h2-8,11,15,18-19H,9-10H2,1H3. The van der Waals surface area contributed by atoms with Crippen molar-refractivity contribution in [2.45, 2.75) is 35.2 Å². The van der Waals surface area contributed by atoms with Crippen LogP contribution < -0.4 is 0 Å². The molecule has 0 radical (unpaired) electrons. The van der Waals surface area contributed by atoms with Crippen LogP contribution in [0.2, 0.25) is 0 Å². The lowest BCUT2D eigenvalue weighted by atomic mass is 9.96. The SMILES string of the molecule is CC(CO)c1ccc2c(c1)CC(O)c1ccccc1S2. The summed E-state index contributed by atoms with van der Waals surface area (Å²) in [4.78, 5) is 2.32. The van der Waals surface area contributed by atoms with Crippen LogP contribution in [0.25, 0.3) is 0 Å². The van der Waals surface area contributed by atoms with Gasteiger partial charge in [-0.3, -0.25) is 0 Å². The third-order valence-electron chi connectivity index (χ3n) is 3.84. The van der Waals surface area contributed by atoms with Crippen molar-refractivity contribution in [1.82, 2.24) is 0 Å². The Balaban J connectivity index is 2.02. The summed E-state index contributed by atoms with van der Waals surface area (Å²) in [6.45, 7) is 2.16. The van der Waals surface area contributed by atoms with E-state index in [1.165, 1.54) is 4.90 Å². The van der Waals surface area contributed by atoms with Crippen LogP contribution in [0, 0.1) is 0 Å². The van der Waals surface area contributed by atoms with Crippen molar-refractivity contribution >= 4 is 11.8 Å². The summed E-state index contributed by atoms with van der Waals surface area (Å²) in [5.74, 6) is 0.132. The van der Waals surface area contributed by atoms with E-state index in [9.17, 15) is 10.2 Å². The van der Waals surface area contributed by atoms with Gasteiger partial charge in [-0.25, -0.2) is 0 Å². The Morgan fingerprint density at radius 2 is 2.00 bits per heavy atom. The summed E-state index contributed by atoms with van der Waals surface area (Å²) in [7, 11) is 0. The molecular weight excluding hydrogens is 268 g/mol. The fourth-order valence-corrected chi connectivity index (χ4v) is 3.67. The predicted octanol–water partition coefficient (Wildman–Crippen LogP) is 3.52. The molecule has 3 rings (SSSR count). The topological polar surface area (TPSA) is 40.5 Å². The van der Waals surface area contributed by atoms with Crippen molar-refractivity contribution in [2.24, 2.45) is 0 Å². The van der Waals surface area contributed by atoms with Crippen LogP contribution in [0.15, 0.2) is 52.3 Å². The van der Waals surface area contributed by atoms with Gasteiger partial charge >= 0.3 is 0 Å². The molecule has 0 aromatic heterocycles. The van der Waals surface area contributed by atoms with E-state index in [1.807, 2.05) is 25.1 Å². The molecule has 0 amide bonds. The van der Waals surface area contributed by atoms with Crippen LogP contribution >= 0.6 is 11.8 Å². The molecule has 104 valence electrons. The molecule has 0 fully saturated rings. The van der Waals surface area contributed by atoms with Gasteiger partial charge in [0, 0.05) is 28.7 Å². The molecule has 0 spiro atoms. The lowest BCUT2D eigenvalue weighted by Gasteiger charge is -2.13. The minimum Gasteiger partial charge on any atom is -0.396 e. The van der Waals surface area contributed by atoms with Gasteiger partial charge in [0.2, 0.25) is 0 Å². The predicted molar refractivity (Wildman–Crippen MR) is 81.2 cm³/mol. The number of aliphatic hydroxyl groups is 2. The maximum Gasteiger partial charge on any atom is 0.0841 e. The van der Waals surface area contributed by atoms with Gasteiger partial charge in [-0.05, 0) is 28.8 Å². The van der Waals surface area contributed by atoms with Crippen LogP contribution in [0.1, 0.15) is 35.6 Å². The van der Waals surface area contributed by atoms with Crippen molar-refractivity contribution in [1.29, 1.82) is 0 Å². The molecule has 2 atom stereocenters. The summed E-state index contributed by atoms with van der Waals surface area (Å²) in [5.41, 5.74) is 3.30. The molecule has 0 saturated carbocycles. The molecule has 2 aromatic rings. The quantitative estimate of drug-likeness (QED) is 0.887. The lowest BCUT2D eigenvalue weighted by molar-refractivity contribution is 0.175. The van der Waals surface area contributed by atoms with Gasteiger partial charge in [0.1, 0.15) is 0 Å². The molecule has 2 aromatic carbocycles. The second-order valence-electron chi connectivity index (χ2n) is 5.31. The van der Waals surface area contributed by atoms with Crippen LogP contribution in [0.4, 0.5) is 0 Å². The van der Waals surface area contributed by atoms with Gasteiger partial charge in [-0.2, -0.15) is 0 Å². The van der Waals surface area contributed by atoms with Gasteiger partial charge in [0.05, 0.1) is 6.10 Å². The first-order valence-electron chi connectivity index (χ1n) is 6.87. The van der Waals surface area contributed by atoms with Gasteiger partial charge in [0.15, 0.2) is 0 Å². The Bertz CT molecular complexity index is 624. The zero-order valence-electron chi connectivity index (χ0n) is 11.4. The average Bonchev–Trinajstić information content (AvgIpc) is 2.62. The van der Waals surface area contributed by atoms with E-state index in [2.05, 4.69) is 24.3 Å². The Morgan fingerprint density at radius 1 is 1.20 bits per heavy atom.